The van der Waals surface area contributed by atoms with Crippen LogP contribution in [-0.4, -0.2) is 61.2 Å². The van der Waals surface area contributed by atoms with E-state index in [0.29, 0.717) is 12.2 Å². The summed E-state index contributed by atoms with van der Waals surface area (Å²) in [5.41, 5.74) is 7.94. The van der Waals surface area contributed by atoms with E-state index in [0.717, 1.165) is 0 Å². The van der Waals surface area contributed by atoms with Gasteiger partial charge < -0.3 is 18.9 Å². The van der Waals surface area contributed by atoms with Crippen LogP contribution in [0.4, 0.5) is 0 Å². The van der Waals surface area contributed by atoms with Crippen LogP contribution < -0.4 is 11.2 Å². The van der Waals surface area contributed by atoms with Crippen molar-refractivity contribution in [3.05, 3.63) is 43.0 Å². The Hall–Kier alpha value is -2.66. The molecular formula is C15H21N5O7. The number of methoxy groups -OCH3 is 1. The molecule has 1 aromatic rings. The van der Waals surface area contributed by atoms with Gasteiger partial charge >= 0.3 is 11.7 Å². The Morgan fingerprint density at radius 2 is 2.26 bits per heavy atom. The molecular weight excluding hydrogens is 362 g/mol. The van der Waals surface area contributed by atoms with E-state index >= 15 is 0 Å². The van der Waals surface area contributed by atoms with Gasteiger partial charge in [0.05, 0.1) is 19.3 Å². The van der Waals surface area contributed by atoms with Gasteiger partial charge in [-0.1, -0.05) is 5.11 Å². The second-order valence-corrected chi connectivity index (χ2v) is 5.84. The van der Waals surface area contributed by atoms with E-state index < -0.39 is 35.6 Å². The van der Waals surface area contributed by atoms with Crippen LogP contribution in [0.3, 0.4) is 0 Å². The number of aryl methyl sites for hydroxylation is 1. The molecule has 2 heterocycles. The molecule has 0 aromatic carbocycles. The van der Waals surface area contributed by atoms with Crippen LogP contribution in [0.25, 0.3) is 10.4 Å². The summed E-state index contributed by atoms with van der Waals surface area (Å²) in [5, 5.41) is 3.64. The second kappa shape index (κ2) is 9.88. The minimum Gasteiger partial charge on any atom is -0.461 e. The largest absolute Gasteiger partial charge is 0.461 e. The Morgan fingerprint density at radius 3 is 2.96 bits per heavy atom. The van der Waals surface area contributed by atoms with E-state index in [1.165, 1.54) is 17.9 Å². The second-order valence-electron chi connectivity index (χ2n) is 5.84. The summed E-state index contributed by atoms with van der Waals surface area (Å²) < 4.78 is 21.9. The standard InChI is InChI=1S/C15H21N5O7/c1-9-6-20(15(23)17-14(9)22)12-5-10(18-19-16)11(27-12)7-26-13(21)8-25-4-3-24-2/h6,10-12H,3-5,7-8H2,1-2H3,(H,17,22,23). The Kier molecular flexibility index (Phi) is 7.55. The number of nitrogens with one attached hydrogen (secondary N) is 1. The number of hydrogen-bond acceptors (Lipinski definition) is 8. The molecule has 1 saturated heterocycles. The number of aromatic amines is 1. The lowest BCUT2D eigenvalue weighted by Gasteiger charge is -2.16. The van der Waals surface area contributed by atoms with Crippen LogP contribution >= 0.6 is 0 Å². The van der Waals surface area contributed by atoms with Crippen molar-refractivity contribution in [2.24, 2.45) is 5.11 Å². The number of aromatic nitrogens is 2. The number of H-pyrrole nitrogens is 1. The lowest BCUT2D eigenvalue weighted by molar-refractivity contribution is -0.154. The van der Waals surface area contributed by atoms with E-state index in [2.05, 4.69) is 15.0 Å². The summed E-state index contributed by atoms with van der Waals surface area (Å²) >= 11 is 0. The topological polar surface area (TPSA) is 158 Å². The van der Waals surface area contributed by atoms with E-state index in [1.54, 1.807) is 6.92 Å². The number of carbonyl (C=O) groups is 1. The first-order valence-electron chi connectivity index (χ1n) is 8.20. The molecule has 1 aromatic heterocycles. The predicted octanol–water partition coefficient (Wildman–Crippen LogP) is 0.0176. The van der Waals surface area contributed by atoms with Crippen molar-refractivity contribution in [1.82, 2.24) is 9.55 Å². The van der Waals surface area contributed by atoms with Crippen molar-refractivity contribution < 1.29 is 23.7 Å². The van der Waals surface area contributed by atoms with E-state index in [9.17, 15) is 14.4 Å². The molecule has 148 valence electrons. The third kappa shape index (κ3) is 5.66. The van der Waals surface area contributed by atoms with Crippen molar-refractivity contribution in [1.29, 1.82) is 0 Å². The van der Waals surface area contributed by atoms with Crippen LogP contribution in [0, 0.1) is 6.92 Å². The number of azide groups is 1. The molecule has 0 spiro atoms. The van der Waals surface area contributed by atoms with Crippen LogP contribution in [0.15, 0.2) is 20.9 Å². The van der Waals surface area contributed by atoms with Gasteiger partial charge in [0.25, 0.3) is 5.56 Å². The van der Waals surface area contributed by atoms with Gasteiger partial charge in [-0.3, -0.25) is 14.3 Å². The summed E-state index contributed by atoms with van der Waals surface area (Å²) in [6, 6.07) is -0.638. The lowest BCUT2D eigenvalue weighted by atomic mass is 10.1. The fourth-order valence-corrected chi connectivity index (χ4v) is 2.54. The average Bonchev–Trinajstić information content (AvgIpc) is 3.03. The number of rotatable bonds is 9. The summed E-state index contributed by atoms with van der Waals surface area (Å²) in [5.74, 6) is -0.602. The third-order valence-corrected chi connectivity index (χ3v) is 3.92. The zero-order chi connectivity index (χ0) is 19.8. The number of carbonyl (C=O) groups excluding carboxylic acids is 1. The molecule has 27 heavy (non-hydrogen) atoms. The summed E-state index contributed by atoms with van der Waals surface area (Å²) in [6.45, 7) is 1.75. The molecule has 1 aliphatic heterocycles. The summed E-state index contributed by atoms with van der Waals surface area (Å²) in [7, 11) is 1.51. The Bertz CT molecular complexity index is 814. The molecule has 3 unspecified atom stereocenters. The molecule has 12 nitrogen and oxygen atoms in total. The molecule has 0 amide bonds. The molecule has 1 fully saturated rings. The maximum Gasteiger partial charge on any atom is 0.332 e. The molecule has 1 aliphatic rings. The molecule has 2 rings (SSSR count). The number of esters is 1. The molecule has 0 aliphatic carbocycles. The van der Waals surface area contributed by atoms with E-state index in [1.807, 2.05) is 0 Å². The fourth-order valence-electron chi connectivity index (χ4n) is 2.54. The smallest absolute Gasteiger partial charge is 0.332 e. The highest BCUT2D eigenvalue weighted by Gasteiger charge is 2.37. The predicted molar refractivity (Wildman–Crippen MR) is 91.2 cm³/mol. The van der Waals surface area contributed by atoms with Gasteiger partial charge in [-0.2, -0.15) is 0 Å². The Balaban J connectivity index is 1.99. The molecule has 0 radical (unpaired) electrons. The van der Waals surface area contributed by atoms with Crippen molar-refractivity contribution in [3.8, 4) is 0 Å². The summed E-state index contributed by atoms with van der Waals surface area (Å²) in [6.07, 6.45) is 0.0807. The first-order chi connectivity index (χ1) is 13.0. The van der Waals surface area contributed by atoms with Crippen molar-refractivity contribution in [2.45, 2.75) is 31.7 Å². The van der Waals surface area contributed by atoms with Gasteiger partial charge in [0.1, 0.15) is 25.5 Å². The zero-order valence-corrected chi connectivity index (χ0v) is 15.0. The van der Waals surface area contributed by atoms with Gasteiger partial charge in [-0.25, -0.2) is 9.59 Å². The normalized spacial score (nSPS) is 21.6. The number of ether oxygens (including phenoxy) is 4. The lowest BCUT2D eigenvalue weighted by Crippen LogP contribution is -2.33. The highest BCUT2D eigenvalue weighted by Crippen LogP contribution is 2.30. The molecule has 1 N–H and O–H groups in total. The van der Waals surface area contributed by atoms with Gasteiger partial charge in [-0.05, 0) is 12.5 Å². The highest BCUT2D eigenvalue weighted by molar-refractivity contribution is 5.70. The van der Waals surface area contributed by atoms with Crippen LogP contribution in [0.5, 0.6) is 0 Å². The Morgan fingerprint density at radius 1 is 1.48 bits per heavy atom. The van der Waals surface area contributed by atoms with Crippen molar-refractivity contribution >= 4 is 5.97 Å². The maximum atomic E-state index is 12.0. The summed E-state index contributed by atoms with van der Waals surface area (Å²) in [4.78, 5) is 40.1. The first kappa shape index (κ1) is 20.6. The third-order valence-electron chi connectivity index (χ3n) is 3.92. The number of nitrogens with zero attached hydrogens (tertiary/aromatic N) is 4. The monoisotopic (exact) mass is 383 g/mol. The van der Waals surface area contributed by atoms with Crippen LogP contribution in [0.2, 0.25) is 0 Å². The van der Waals surface area contributed by atoms with Gasteiger partial charge in [0.2, 0.25) is 0 Å². The average molecular weight is 383 g/mol. The van der Waals surface area contributed by atoms with E-state index in [4.69, 9.17) is 24.5 Å². The van der Waals surface area contributed by atoms with Crippen LogP contribution in [-0.2, 0) is 23.7 Å². The number of hydrogen-bond donors (Lipinski definition) is 1. The van der Waals surface area contributed by atoms with Gasteiger partial charge in [-0.15, -0.1) is 0 Å². The fraction of sp³-hybridized carbons (Fsp3) is 0.667. The zero-order valence-electron chi connectivity index (χ0n) is 15.0. The minimum atomic E-state index is -0.759. The highest BCUT2D eigenvalue weighted by atomic mass is 16.6. The molecule has 0 bridgehead atoms. The quantitative estimate of drug-likeness (QED) is 0.207. The maximum absolute atomic E-state index is 12.0. The van der Waals surface area contributed by atoms with E-state index in [-0.39, 0.29) is 26.2 Å². The molecule has 3 atom stereocenters. The molecule has 12 heteroatoms. The van der Waals surface area contributed by atoms with Gasteiger partial charge in [0.15, 0.2) is 0 Å². The van der Waals surface area contributed by atoms with Gasteiger partial charge in [0, 0.05) is 30.2 Å². The minimum absolute atomic E-state index is 0.163. The first-order valence-corrected chi connectivity index (χ1v) is 8.20. The Labute approximate surface area is 153 Å². The van der Waals surface area contributed by atoms with Crippen molar-refractivity contribution in [3.63, 3.8) is 0 Å². The SMILES string of the molecule is COCCOCC(=O)OCC1OC(n2cc(C)c(=O)[nH]c2=O)CC1N=[N+]=[N-]. The molecule has 0 saturated carbocycles. The van der Waals surface area contributed by atoms with Crippen molar-refractivity contribution in [2.75, 3.05) is 33.5 Å². The van der Waals surface area contributed by atoms with Crippen LogP contribution in [0.1, 0.15) is 18.2 Å².